The molecule has 2 aliphatic carbocycles. The molecule has 0 aromatic heterocycles. The molecule has 2 aromatic carbocycles. The van der Waals surface area contributed by atoms with Crippen LogP contribution in [0.1, 0.15) is 44.2 Å². The van der Waals surface area contributed by atoms with Gasteiger partial charge in [0, 0.05) is 17.7 Å². The van der Waals surface area contributed by atoms with E-state index in [0.717, 1.165) is 24.1 Å². The molecule has 1 N–H and O–H groups in total. The van der Waals surface area contributed by atoms with Crippen molar-refractivity contribution in [1.82, 2.24) is 0 Å². The SMILES string of the molecule is CC(C)OC1CC(C2=CCC3C(=C2)c2ccccc2N3C2C=CC=CC2)=NC(c2ccccc2O)=N1. The molecular weight excluding hydrogens is 446 g/mol. The number of phenols is 1. The van der Waals surface area contributed by atoms with Crippen molar-refractivity contribution in [3.63, 3.8) is 0 Å². The van der Waals surface area contributed by atoms with Gasteiger partial charge in [-0.05, 0) is 62.1 Å². The number of amidine groups is 1. The van der Waals surface area contributed by atoms with Crippen LogP contribution >= 0.6 is 0 Å². The van der Waals surface area contributed by atoms with Crippen LogP contribution in [0.3, 0.4) is 0 Å². The quantitative estimate of drug-likeness (QED) is 0.556. The third kappa shape index (κ3) is 4.14. The Balaban J connectivity index is 1.37. The van der Waals surface area contributed by atoms with Crippen molar-refractivity contribution in [2.45, 2.75) is 57.5 Å². The highest BCUT2D eigenvalue weighted by Crippen LogP contribution is 2.46. The third-order valence-electron chi connectivity index (χ3n) is 7.16. The van der Waals surface area contributed by atoms with E-state index in [1.54, 1.807) is 6.07 Å². The number of allylic oxidation sites excluding steroid dienone is 4. The van der Waals surface area contributed by atoms with Gasteiger partial charge in [-0.15, -0.1) is 0 Å². The number of nitrogens with zero attached hydrogens (tertiary/aromatic N) is 3. The van der Waals surface area contributed by atoms with Crippen molar-refractivity contribution >= 4 is 22.8 Å². The van der Waals surface area contributed by atoms with E-state index >= 15 is 0 Å². The minimum absolute atomic E-state index is 0.0413. The van der Waals surface area contributed by atoms with Crippen LogP contribution in [-0.2, 0) is 4.74 Å². The van der Waals surface area contributed by atoms with Gasteiger partial charge >= 0.3 is 0 Å². The number of benzene rings is 2. The summed E-state index contributed by atoms with van der Waals surface area (Å²) >= 11 is 0. The van der Waals surface area contributed by atoms with Gasteiger partial charge in [0.05, 0.1) is 29.5 Å². The number of phenolic OH excluding ortho intramolecular Hbond substituents is 1. The summed E-state index contributed by atoms with van der Waals surface area (Å²) in [5.74, 6) is 0.699. The minimum Gasteiger partial charge on any atom is -0.507 e. The molecule has 0 spiro atoms. The summed E-state index contributed by atoms with van der Waals surface area (Å²) in [4.78, 5) is 12.3. The number of hydrogen-bond donors (Lipinski definition) is 1. The number of anilines is 1. The fourth-order valence-electron chi connectivity index (χ4n) is 5.62. The molecule has 2 heterocycles. The van der Waals surface area contributed by atoms with Crippen molar-refractivity contribution in [2.75, 3.05) is 4.90 Å². The molecular formula is C31H31N3O2. The third-order valence-corrected chi connectivity index (χ3v) is 7.16. The number of hydrogen-bond acceptors (Lipinski definition) is 5. The highest BCUT2D eigenvalue weighted by Gasteiger charge is 2.38. The van der Waals surface area contributed by atoms with E-state index in [1.165, 1.54) is 16.8 Å². The van der Waals surface area contributed by atoms with E-state index in [1.807, 2.05) is 32.0 Å². The monoisotopic (exact) mass is 477 g/mol. The number of para-hydroxylation sites is 2. The van der Waals surface area contributed by atoms with Gasteiger partial charge in [-0.1, -0.05) is 60.7 Å². The molecule has 0 saturated heterocycles. The number of ether oxygens (including phenoxy) is 1. The molecule has 3 unspecified atom stereocenters. The second-order valence-corrected chi connectivity index (χ2v) is 9.92. The summed E-state index contributed by atoms with van der Waals surface area (Å²) < 4.78 is 6.12. The molecule has 2 aromatic rings. The van der Waals surface area contributed by atoms with E-state index in [-0.39, 0.29) is 18.1 Å². The molecule has 4 aliphatic rings. The van der Waals surface area contributed by atoms with Gasteiger partial charge in [-0.2, -0.15) is 0 Å². The van der Waals surface area contributed by atoms with Crippen molar-refractivity contribution in [3.05, 3.63) is 102 Å². The van der Waals surface area contributed by atoms with Crippen LogP contribution in [-0.4, -0.2) is 41.1 Å². The van der Waals surface area contributed by atoms with Crippen LogP contribution in [0, 0.1) is 0 Å². The first kappa shape index (κ1) is 22.7. The minimum atomic E-state index is -0.337. The fourth-order valence-corrected chi connectivity index (χ4v) is 5.62. The van der Waals surface area contributed by atoms with E-state index < -0.39 is 0 Å². The van der Waals surface area contributed by atoms with Gasteiger partial charge in [-0.25, -0.2) is 9.98 Å². The maximum atomic E-state index is 10.5. The predicted octanol–water partition coefficient (Wildman–Crippen LogP) is 6.22. The summed E-state index contributed by atoms with van der Waals surface area (Å²) in [5.41, 5.74) is 6.66. The zero-order valence-corrected chi connectivity index (χ0v) is 20.7. The lowest BCUT2D eigenvalue weighted by molar-refractivity contribution is 0.0171. The Morgan fingerprint density at radius 3 is 2.58 bits per heavy atom. The van der Waals surface area contributed by atoms with Crippen LogP contribution in [0.25, 0.3) is 5.57 Å². The lowest BCUT2D eigenvalue weighted by Crippen LogP contribution is -2.40. The summed E-state index contributed by atoms with van der Waals surface area (Å²) in [7, 11) is 0. The lowest BCUT2D eigenvalue weighted by Gasteiger charge is -2.35. The van der Waals surface area contributed by atoms with E-state index in [2.05, 4.69) is 65.6 Å². The van der Waals surface area contributed by atoms with Crippen LogP contribution < -0.4 is 4.90 Å². The zero-order valence-electron chi connectivity index (χ0n) is 20.7. The van der Waals surface area contributed by atoms with Gasteiger partial charge in [0.25, 0.3) is 0 Å². The first-order valence-electron chi connectivity index (χ1n) is 12.8. The van der Waals surface area contributed by atoms with Crippen LogP contribution in [0.2, 0.25) is 0 Å². The van der Waals surface area contributed by atoms with Crippen molar-refractivity contribution in [1.29, 1.82) is 0 Å². The highest BCUT2D eigenvalue weighted by molar-refractivity contribution is 6.16. The number of fused-ring (bicyclic) bond motifs is 3. The molecule has 0 saturated carbocycles. The number of rotatable bonds is 5. The molecule has 0 amide bonds. The fraction of sp³-hybridized carbons (Fsp3) is 0.290. The Hall–Kier alpha value is -3.70. The van der Waals surface area contributed by atoms with E-state index in [9.17, 15) is 5.11 Å². The van der Waals surface area contributed by atoms with Gasteiger partial charge in [0.1, 0.15) is 5.75 Å². The summed E-state index contributed by atoms with van der Waals surface area (Å²) in [6, 6.07) is 16.6. The van der Waals surface area contributed by atoms with Crippen LogP contribution in [0.4, 0.5) is 5.69 Å². The van der Waals surface area contributed by atoms with E-state index in [4.69, 9.17) is 14.7 Å². The maximum absolute atomic E-state index is 10.5. The average molecular weight is 478 g/mol. The second kappa shape index (κ2) is 9.40. The first-order chi connectivity index (χ1) is 17.6. The molecule has 2 aliphatic heterocycles. The molecule has 0 radical (unpaired) electrons. The molecule has 6 rings (SSSR count). The van der Waals surface area contributed by atoms with Crippen LogP contribution in [0.15, 0.2) is 101 Å². The largest absolute Gasteiger partial charge is 0.507 e. The predicted molar refractivity (Wildman–Crippen MR) is 147 cm³/mol. The van der Waals surface area contributed by atoms with Gasteiger partial charge < -0.3 is 14.7 Å². The maximum Gasteiger partial charge on any atom is 0.161 e. The Morgan fingerprint density at radius 1 is 1.00 bits per heavy atom. The van der Waals surface area contributed by atoms with Crippen molar-refractivity contribution < 1.29 is 9.84 Å². The summed E-state index contributed by atoms with van der Waals surface area (Å²) in [6.45, 7) is 4.04. The zero-order chi connectivity index (χ0) is 24.6. The van der Waals surface area contributed by atoms with Gasteiger partial charge in [0.2, 0.25) is 0 Å². The number of aliphatic imine (C=N–C) groups is 2. The lowest BCUT2D eigenvalue weighted by atomic mass is 9.88. The molecule has 36 heavy (non-hydrogen) atoms. The smallest absolute Gasteiger partial charge is 0.161 e. The molecule has 0 bridgehead atoms. The average Bonchev–Trinajstić information content (AvgIpc) is 3.22. The molecule has 5 nitrogen and oxygen atoms in total. The Labute approximate surface area is 212 Å². The Morgan fingerprint density at radius 2 is 1.81 bits per heavy atom. The normalized spacial score (nSPS) is 24.6. The standard InChI is InChI=1S/C31H31N3O2/c1-20(2)36-30-19-26(32-31(33-30)24-13-7-9-15-29(24)35)21-16-17-28-25(18-21)23-12-6-8-14-27(23)34(28)22-10-4-3-5-11-22/h3-10,12-16,18,20,22,28,30,35H,11,17,19H2,1-2H3. The van der Waals surface area contributed by atoms with Gasteiger partial charge in [0.15, 0.2) is 12.1 Å². The summed E-state index contributed by atoms with van der Waals surface area (Å²) in [5, 5.41) is 10.5. The first-order valence-corrected chi connectivity index (χ1v) is 12.8. The van der Waals surface area contributed by atoms with Crippen LogP contribution in [0.5, 0.6) is 5.75 Å². The molecule has 5 heteroatoms. The van der Waals surface area contributed by atoms with Crippen molar-refractivity contribution in [3.8, 4) is 5.75 Å². The van der Waals surface area contributed by atoms with Gasteiger partial charge in [-0.3, -0.25) is 0 Å². The van der Waals surface area contributed by atoms with Crippen molar-refractivity contribution in [2.24, 2.45) is 9.98 Å². The number of aromatic hydroxyl groups is 1. The summed E-state index contributed by atoms with van der Waals surface area (Å²) in [6.07, 6.45) is 15.7. The Kier molecular flexibility index (Phi) is 5.94. The van der Waals surface area contributed by atoms with E-state index in [0.29, 0.717) is 29.9 Å². The highest BCUT2D eigenvalue weighted by atomic mass is 16.5. The topological polar surface area (TPSA) is 57.4 Å². The second-order valence-electron chi connectivity index (χ2n) is 9.92. The molecule has 3 atom stereocenters. The molecule has 182 valence electrons. The molecule has 0 fully saturated rings. The Bertz CT molecular complexity index is 1360.